The van der Waals surface area contributed by atoms with Crippen LogP contribution in [-0.2, 0) is 10.0 Å². The van der Waals surface area contributed by atoms with E-state index in [0.29, 0.717) is 47.7 Å². The van der Waals surface area contributed by atoms with Gasteiger partial charge in [0.2, 0.25) is 10.0 Å². The number of rotatable bonds is 5. The summed E-state index contributed by atoms with van der Waals surface area (Å²) in [6.45, 7) is 2.55. The van der Waals surface area contributed by atoms with Crippen LogP contribution < -0.4 is 9.64 Å². The molecule has 0 saturated carbocycles. The summed E-state index contributed by atoms with van der Waals surface area (Å²) >= 11 is 6.20. The summed E-state index contributed by atoms with van der Waals surface area (Å²) in [6.07, 6.45) is 6.20. The highest BCUT2D eigenvalue weighted by Gasteiger charge is 2.32. The van der Waals surface area contributed by atoms with Gasteiger partial charge in [-0.15, -0.1) is 0 Å². The number of pyridine rings is 1. The van der Waals surface area contributed by atoms with Gasteiger partial charge in [0.1, 0.15) is 22.6 Å². The Hall–Kier alpha value is -1.83. The molecule has 2 aliphatic heterocycles. The molecule has 2 aromatic rings. The zero-order valence-corrected chi connectivity index (χ0v) is 17.9. The third-order valence-electron chi connectivity index (χ3n) is 5.56. The van der Waals surface area contributed by atoms with Crippen molar-refractivity contribution in [2.45, 2.75) is 43.1 Å². The number of anilines is 1. The van der Waals surface area contributed by atoms with Crippen LogP contribution in [0.3, 0.4) is 0 Å². The summed E-state index contributed by atoms with van der Waals surface area (Å²) in [6, 6.07) is 10.9. The lowest BCUT2D eigenvalue weighted by atomic mass is 10.1. The van der Waals surface area contributed by atoms with Crippen LogP contribution in [0.4, 0.5) is 5.82 Å². The van der Waals surface area contributed by atoms with Crippen LogP contribution in [0.25, 0.3) is 0 Å². The molecule has 0 radical (unpaired) electrons. The van der Waals surface area contributed by atoms with E-state index >= 15 is 0 Å². The highest BCUT2D eigenvalue weighted by Crippen LogP contribution is 2.31. The first-order valence-corrected chi connectivity index (χ1v) is 12.0. The summed E-state index contributed by atoms with van der Waals surface area (Å²) in [4.78, 5) is 6.82. The molecule has 0 bridgehead atoms. The number of hydrogen-bond acceptors (Lipinski definition) is 5. The predicted octanol–water partition coefficient (Wildman–Crippen LogP) is 3.96. The first-order valence-electron chi connectivity index (χ1n) is 10.2. The van der Waals surface area contributed by atoms with E-state index in [2.05, 4.69) is 9.88 Å². The topological polar surface area (TPSA) is 62.7 Å². The lowest BCUT2D eigenvalue weighted by molar-refractivity contribution is 0.170. The van der Waals surface area contributed by atoms with Crippen molar-refractivity contribution in [1.82, 2.24) is 9.29 Å². The van der Waals surface area contributed by atoms with Crippen molar-refractivity contribution >= 4 is 27.4 Å². The van der Waals surface area contributed by atoms with Gasteiger partial charge in [0, 0.05) is 45.2 Å². The molecule has 6 nitrogen and oxygen atoms in total. The third kappa shape index (κ3) is 4.52. The van der Waals surface area contributed by atoms with E-state index in [4.69, 9.17) is 16.3 Å². The Morgan fingerprint density at radius 3 is 2.41 bits per heavy atom. The number of nitrogens with zero attached hydrogens (tertiary/aromatic N) is 3. The van der Waals surface area contributed by atoms with Gasteiger partial charge in [0.05, 0.1) is 5.02 Å². The minimum atomic E-state index is -3.53. The van der Waals surface area contributed by atoms with Gasteiger partial charge in [0.25, 0.3) is 0 Å². The van der Waals surface area contributed by atoms with Gasteiger partial charge >= 0.3 is 0 Å². The number of hydrogen-bond donors (Lipinski definition) is 0. The van der Waals surface area contributed by atoms with Crippen molar-refractivity contribution in [3.8, 4) is 5.75 Å². The first kappa shape index (κ1) is 20.4. The highest BCUT2D eigenvalue weighted by atomic mass is 35.5. The molecule has 0 aliphatic carbocycles. The second-order valence-electron chi connectivity index (χ2n) is 7.52. The second kappa shape index (κ2) is 8.90. The monoisotopic (exact) mass is 435 g/mol. The Kier molecular flexibility index (Phi) is 6.27. The van der Waals surface area contributed by atoms with E-state index in [1.54, 1.807) is 22.6 Å². The Morgan fingerprint density at radius 1 is 0.966 bits per heavy atom. The number of piperidine rings is 2. The predicted molar refractivity (Wildman–Crippen MR) is 114 cm³/mol. The molecular formula is C21H26ClN3O3S. The van der Waals surface area contributed by atoms with Crippen molar-refractivity contribution in [3.05, 3.63) is 47.6 Å². The molecule has 29 heavy (non-hydrogen) atoms. The fourth-order valence-electron chi connectivity index (χ4n) is 3.97. The summed E-state index contributed by atoms with van der Waals surface area (Å²) in [5.41, 5.74) is 0. The minimum absolute atomic E-state index is 0.0528. The molecule has 0 spiro atoms. The first-order chi connectivity index (χ1) is 14.1. The van der Waals surface area contributed by atoms with E-state index in [-0.39, 0.29) is 6.10 Å². The van der Waals surface area contributed by atoms with Crippen LogP contribution in [0.1, 0.15) is 32.1 Å². The molecule has 2 saturated heterocycles. The molecule has 0 atom stereocenters. The lowest BCUT2D eigenvalue weighted by Crippen LogP contribution is -2.41. The van der Waals surface area contributed by atoms with Gasteiger partial charge in [-0.05, 0) is 37.1 Å². The highest BCUT2D eigenvalue weighted by molar-refractivity contribution is 7.89. The normalized spacial score (nSPS) is 19.3. The van der Waals surface area contributed by atoms with Crippen molar-refractivity contribution in [2.24, 2.45) is 0 Å². The maximum atomic E-state index is 13.2. The van der Waals surface area contributed by atoms with Crippen LogP contribution in [0, 0.1) is 0 Å². The molecule has 0 amide bonds. The molecule has 1 aromatic heterocycles. The number of sulfonamides is 1. The maximum Gasteiger partial charge on any atom is 0.246 e. The van der Waals surface area contributed by atoms with Crippen molar-refractivity contribution in [3.63, 3.8) is 0 Å². The molecule has 0 N–H and O–H groups in total. The van der Waals surface area contributed by atoms with Gasteiger partial charge < -0.3 is 9.64 Å². The van der Waals surface area contributed by atoms with Gasteiger partial charge in [-0.3, -0.25) is 0 Å². The van der Waals surface area contributed by atoms with E-state index in [1.165, 1.54) is 0 Å². The summed E-state index contributed by atoms with van der Waals surface area (Å²) in [7, 11) is -3.53. The fourth-order valence-corrected chi connectivity index (χ4v) is 5.83. The second-order valence-corrected chi connectivity index (χ2v) is 9.84. The number of halogens is 1. The number of benzene rings is 1. The lowest BCUT2D eigenvalue weighted by Gasteiger charge is -2.34. The molecule has 8 heteroatoms. The molecule has 0 unspecified atom stereocenters. The Balaban J connectivity index is 1.47. The van der Waals surface area contributed by atoms with Crippen LogP contribution in [0.2, 0.25) is 5.02 Å². The molecular weight excluding hydrogens is 410 g/mol. The van der Waals surface area contributed by atoms with Gasteiger partial charge in [-0.1, -0.05) is 30.2 Å². The maximum absolute atomic E-state index is 13.2. The summed E-state index contributed by atoms with van der Waals surface area (Å²) < 4.78 is 34.1. The van der Waals surface area contributed by atoms with E-state index in [0.717, 1.165) is 32.1 Å². The molecule has 1 aromatic carbocycles. The average Bonchev–Trinajstić information content (AvgIpc) is 2.76. The van der Waals surface area contributed by atoms with Crippen LogP contribution in [0.5, 0.6) is 5.75 Å². The van der Waals surface area contributed by atoms with Gasteiger partial charge in [-0.2, -0.15) is 4.31 Å². The largest absolute Gasteiger partial charge is 0.489 e. The van der Waals surface area contributed by atoms with Crippen LogP contribution in [-0.4, -0.2) is 50.0 Å². The van der Waals surface area contributed by atoms with E-state index < -0.39 is 10.0 Å². The standard InChI is InChI=1S/C21H26ClN3O3S/c22-18-7-2-3-8-19(18)28-17-10-15-24(16-11-17)21-20(9-6-12-23-21)29(26,27)25-13-4-1-5-14-25/h2-3,6-9,12,17H,1,4-5,10-11,13-16H2. The molecule has 2 aliphatic rings. The zero-order chi connectivity index (χ0) is 20.3. The molecule has 156 valence electrons. The van der Waals surface area contributed by atoms with Gasteiger partial charge in [-0.25, -0.2) is 13.4 Å². The number of para-hydroxylation sites is 1. The molecule has 4 rings (SSSR count). The molecule has 2 fully saturated rings. The Morgan fingerprint density at radius 2 is 1.69 bits per heavy atom. The van der Waals surface area contributed by atoms with E-state index in [9.17, 15) is 8.42 Å². The van der Waals surface area contributed by atoms with Crippen molar-refractivity contribution in [2.75, 3.05) is 31.1 Å². The number of aromatic nitrogens is 1. The van der Waals surface area contributed by atoms with Crippen molar-refractivity contribution in [1.29, 1.82) is 0 Å². The van der Waals surface area contributed by atoms with Crippen LogP contribution >= 0.6 is 11.6 Å². The summed E-state index contributed by atoms with van der Waals surface area (Å²) in [5, 5.41) is 0.606. The fraction of sp³-hybridized carbons (Fsp3) is 0.476. The quantitative estimate of drug-likeness (QED) is 0.711. The Labute approximate surface area is 177 Å². The SMILES string of the molecule is O=S(=O)(c1cccnc1N1CCC(Oc2ccccc2Cl)CC1)N1CCCCC1. The smallest absolute Gasteiger partial charge is 0.246 e. The third-order valence-corrected chi connectivity index (χ3v) is 7.79. The number of ether oxygens (including phenoxy) is 1. The van der Waals surface area contributed by atoms with E-state index in [1.807, 2.05) is 24.3 Å². The average molecular weight is 436 g/mol. The molecule has 3 heterocycles. The summed E-state index contributed by atoms with van der Waals surface area (Å²) in [5.74, 6) is 1.24. The zero-order valence-electron chi connectivity index (χ0n) is 16.3. The van der Waals surface area contributed by atoms with Crippen LogP contribution in [0.15, 0.2) is 47.5 Å². The minimum Gasteiger partial charge on any atom is -0.489 e. The van der Waals surface area contributed by atoms with Gasteiger partial charge in [0.15, 0.2) is 0 Å². The Bertz CT molecular complexity index is 940. The van der Waals surface area contributed by atoms with Crippen molar-refractivity contribution < 1.29 is 13.2 Å².